The molecule has 11 heteroatoms. The van der Waals surface area contributed by atoms with Crippen LogP contribution in [-0.2, 0) is 26.4 Å². The smallest absolute Gasteiger partial charge is 0.319 e. The second kappa shape index (κ2) is 13.7. The number of amides is 2. The summed E-state index contributed by atoms with van der Waals surface area (Å²) in [7, 11) is 0. The Bertz CT molecular complexity index is 1700. The summed E-state index contributed by atoms with van der Waals surface area (Å²) in [6, 6.07) is 19.9. The van der Waals surface area contributed by atoms with Crippen molar-refractivity contribution in [2.45, 2.75) is 45.7 Å². The lowest BCUT2D eigenvalue weighted by atomic mass is 9.86. The maximum atomic E-state index is 13.8. The molecule has 1 aromatic heterocycles. The van der Waals surface area contributed by atoms with Gasteiger partial charge in [-0.1, -0.05) is 24.3 Å². The highest BCUT2D eigenvalue weighted by Crippen LogP contribution is 2.32. The van der Waals surface area contributed by atoms with Gasteiger partial charge in [-0.05, 0) is 87.2 Å². The Balaban J connectivity index is 1.29. The van der Waals surface area contributed by atoms with Crippen molar-refractivity contribution >= 4 is 40.3 Å². The van der Waals surface area contributed by atoms with E-state index in [9.17, 15) is 14.4 Å². The summed E-state index contributed by atoms with van der Waals surface area (Å²) < 4.78 is 5.12. The van der Waals surface area contributed by atoms with Crippen LogP contribution in [0.5, 0.6) is 0 Å². The van der Waals surface area contributed by atoms with Crippen LogP contribution < -0.4 is 16.0 Å². The predicted molar refractivity (Wildman–Crippen MR) is 173 cm³/mol. The fourth-order valence-corrected chi connectivity index (χ4v) is 5.66. The molecular weight excluding hydrogens is 570 g/mol. The number of ether oxygens (including phenoxy) is 1. The first kappa shape index (κ1) is 31.4. The standard InChI is InChI=1S/C34H39N7O4/c1-4-45-29(42)21-37-34(3,33(44)41-18-8-9-19-41)26-16-17-27-30(22(26)2)39-28(38-27)20-36-25-14-12-23(13-15-25)31(35)40-32(43)24-10-6-5-7-11-24/h5-7,10-17,36-37H,4,8-9,18-21H2,1-3H3,(H,38,39)(H2,35,40,43)/t34-/m1/s1. The molecule has 1 atom stereocenters. The summed E-state index contributed by atoms with van der Waals surface area (Å²) in [5, 5.41) is 17.5. The zero-order valence-corrected chi connectivity index (χ0v) is 25.8. The van der Waals surface area contributed by atoms with E-state index in [0.717, 1.165) is 40.7 Å². The quantitative estimate of drug-likeness (QED) is 0.0970. The third kappa shape index (κ3) is 7.04. The molecule has 0 unspecified atom stereocenters. The molecule has 45 heavy (non-hydrogen) atoms. The van der Waals surface area contributed by atoms with E-state index < -0.39 is 11.5 Å². The molecule has 3 aromatic carbocycles. The molecule has 0 bridgehead atoms. The number of imidazole rings is 1. The second-order valence-corrected chi connectivity index (χ2v) is 11.2. The van der Waals surface area contributed by atoms with Crippen molar-refractivity contribution in [3.63, 3.8) is 0 Å². The molecule has 5 rings (SSSR count). The first-order valence-corrected chi connectivity index (χ1v) is 15.2. The first-order valence-electron chi connectivity index (χ1n) is 15.2. The first-order chi connectivity index (χ1) is 21.7. The molecule has 0 radical (unpaired) electrons. The molecule has 2 amide bonds. The predicted octanol–water partition coefficient (Wildman–Crippen LogP) is 4.23. The Kier molecular flexibility index (Phi) is 9.58. The summed E-state index contributed by atoms with van der Waals surface area (Å²) in [5.41, 5.74) is 3.97. The number of nitrogens with zero attached hydrogens (tertiary/aromatic N) is 2. The number of likely N-dealkylation sites (tertiary alicyclic amines) is 1. The number of anilines is 1. The molecule has 4 aromatic rings. The summed E-state index contributed by atoms with van der Waals surface area (Å²) in [4.78, 5) is 48.5. The van der Waals surface area contributed by atoms with Gasteiger partial charge in [-0.3, -0.25) is 25.1 Å². The minimum atomic E-state index is -1.14. The lowest BCUT2D eigenvalue weighted by Gasteiger charge is -2.35. The lowest BCUT2D eigenvalue weighted by Crippen LogP contribution is -2.54. The third-order valence-electron chi connectivity index (χ3n) is 8.12. The summed E-state index contributed by atoms with van der Waals surface area (Å²) in [5.74, 6) is -0.0798. The number of carbonyl (C=O) groups excluding carboxylic acids is 3. The van der Waals surface area contributed by atoms with E-state index in [1.807, 2.05) is 49.1 Å². The minimum Gasteiger partial charge on any atom is -0.465 e. The van der Waals surface area contributed by atoms with Gasteiger partial charge in [0.2, 0.25) is 5.91 Å². The molecule has 0 spiro atoms. The normalized spacial score (nSPS) is 14.2. The van der Waals surface area contributed by atoms with Crippen LogP contribution in [0.3, 0.4) is 0 Å². The highest BCUT2D eigenvalue weighted by Gasteiger charge is 2.41. The van der Waals surface area contributed by atoms with Crippen LogP contribution in [-0.4, -0.2) is 64.7 Å². The number of aromatic amines is 1. The molecule has 2 heterocycles. The molecule has 0 saturated carbocycles. The van der Waals surface area contributed by atoms with E-state index in [0.29, 0.717) is 36.6 Å². The highest BCUT2D eigenvalue weighted by molar-refractivity contribution is 6.11. The monoisotopic (exact) mass is 609 g/mol. The Hall–Kier alpha value is -5.03. The van der Waals surface area contributed by atoms with Gasteiger partial charge in [0.1, 0.15) is 17.2 Å². The van der Waals surface area contributed by atoms with Crippen LogP contribution in [0.2, 0.25) is 0 Å². The molecule has 234 valence electrons. The van der Waals surface area contributed by atoms with Crippen LogP contribution in [0.25, 0.3) is 11.0 Å². The minimum absolute atomic E-state index is 0.0194. The number of H-pyrrole nitrogens is 1. The van der Waals surface area contributed by atoms with Gasteiger partial charge in [-0.2, -0.15) is 0 Å². The van der Waals surface area contributed by atoms with Gasteiger partial charge in [-0.25, -0.2) is 4.98 Å². The summed E-state index contributed by atoms with van der Waals surface area (Å²) in [6.45, 7) is 7.51. The number of nitrogens with one attached hydrogen (secondary N) is 5. The van der Waals surface area contributed by atoms with Gasteiger partial charge < -0.3 is 25.3 Å². The number of carbonyl (C=O) groups is 3. The molecule has 0 aliphatic carbocycles. The van der Waals surface area contributed by atoms with Gasteiger partial charge >= 0.3 is 5.97 Å². The maximum absolute atomic E-state index is 13.8. The number of fused-ring (bicyclic) bond motifs is 1. The van der Waals surface area contributed by atoms with E-state index in [1.54, 1.807) is 43.3 Å². The van der Waals surface area contributed by atoms with Crippen LogP contribution in [0.4, 0.5) is 5.69 Å². The van der Waals surface area contributed by atoms with Gasteiger partial charge in [0.15, 0.2) is 0 Å². The molecule has 1 fully saturated rings. The fourth-order valence-electron chi connectivity index (χ4n) is 5.66. The van der Waals surface area contributed by atoms with E-state index >= 15 is 0 Å². The van der Waals surface area contributed by atoms with E-state index in [-0.39, 0.29) is 30.8 Å². The van der Waals surface area contributed by atoms with Crippen molar-refractivity contribution in [2.24, 2.45) is 0 Å². The summed E-state index contributed by atoms with van der Waals surface area (Å²) in [6.07, 6.45) is 1.92. The Morgan fingerprint density at radius 2 is 1.71 bits per heavy atom. The van der Waals surface area contributed by atoms with Gasteiger partial charge in [0, 0.05) is 29.9 Å². The van der Waals surface area contributed by atoms with Gasteiger partial charge in [-0.15, -0.1) is 0 Å². The van der Waals surface area contributed by atoms with Crippen LogP contribution in [0, 0.1) is 12.3 Å². The number of hydrogen-bond donors (Lipinski definition) is 5. The van der Waals surface area contributed by atoms with Crippen molar-refractivity contribution in [2.75, 3.05) is 31.6 Å². The number of amidine groups is 1. The molecule has 1 aliphatic rings. The van der Waals surface area contributed by atoms with Gasteiger partial charge in [0.05, 0.1) is 30.7 Å². The number of aromatic nitrogens is 2. The highest BCUT2D eigenvalue weighted by atomic mass is 16.5. The maximum Gasteiger partial charge on any atom is 0.319 e. The van der Waals surface area contributed by atoms with Crippen LogP contribution in [0.15, 0.2) is 66.7 Å². The van der Waals surface area contributed by atoms with Crippen molar-refractivity contribution in [1.29, 1.82) is 5.41 Å². The van der Waals surface area contributed by atoms with Gasteiger partial charge in [0.25, 0.3) is 5.91 Å². The number of hydrogen-bond acceptors (Lipinski definition) is 8. The number of esters is 1. The largest absolute Gasteiger partial charge is 0.465 e. The molecule has 11 nitrogen and oxygen atoms in total. The number of benzene rings is 3. The van der Waals surface area contributed by atoms with Crippen molar-refractivity contribution in [1.82, 2.24) is 25.5 Å². The van der Waals surface area contributed by atoms with E-state index in [4.69, 9.17) is 15.1 Å². The Morgan fingerprint density at radius 3 is 2.40 bits per heavy atom. The molecule has 5 N–H and O–H groups in total. The Morgan fingerprint density at radius 1 is 1.00 bits per heavy atom. The second-order valence-electron chi connectivity index (χ2n) is 11.2. The molecule has 1 aliphatic heterocycles. The third-order valence-corrected chi connectivity index (χ3v) is 8.12. The van der Waals surface area contributed by atoms with E-state index in [2.05, 4.69) is 20.9 Å². The van der Waals surface area contributed by atoms with Crippen LogP contribution in [0.1, 0.15) is 59.6 Å². The fraction of sp³-hybridized carbons (Fsp3) is 0.324. The van der Waals surface area contributed by atoms with Crippen molar-refractivity contribution in [3.8, 4) is 0 Å². The lowest BCUT2D eigenvalue weighted by molar-refractivity contribution is -0.143. The average molecular weight is 610 g/mol. The molecular formula is C34H39N7O4. The molecule has 1 saturated heterocycles. The summed E-state index contributed by atoms with van der Waals surface area (Å²) >= 11 is 0. The number of rotatable bonds is 11. The van der Waals surface area contributed by atoms with Crippen molar-refractivity contribution in [3.05, 3.63) is 94.8 Å². The van der Waals surface area contributed by atoms with Crippen molar-refractivity contribution < 1.29 is 19.1 Å². The number of aryl methyl sites for hydroxylation is 1. The average Bonchev–Trinajstić information content (AvgIpc) is 3.74. The van der Waals surface area contributed by atoms with E-state index in [1.165, 1.54) is 0 Å². The SMILES string of the molecule is CCOC(=O)CN[C@@](C)(C(=O)N1CCCC1)c1ccc2[nH]c(CNc3ccc(C(=N)NC(=O)c4ccccc4)cc3)nc2c1C. The zero-order valence-electron chi connectivity index (χ0n) is 25.8. The topological polar surface area (TPSA) is 152 Å². The van der Waals surface area contributed by atoms with Crippen LogP contribution >= 0.6 is 0 Å². The zero-order chi connectivity index (χ0) is 32.0. The Labute approximate surface area is 262 Å².